The van der Waals surface area contributed by atoms with E-state index >= 15 is 0 Å². The molecule has 0 aliphatic carbocycles. The molecule has 1 atom stereocenters. The lowest BCUT2D eigenvalue weighted by atomic mass is 9.92. The number of benzene rings is 1. The third-order valence-electron chi connectivity index (χ3n) is 4.00. The lowest BCUT2D eigenvalue weighted by molar-refractivity contribution is -0.141. The van der Waals surface area contributed by atoms with Gasteiger partial charge < -0.3 is 20.1 Å². The van der Waals surface area contributed by atoms with Gasteiger partial charge in [-0.3, -0.25) is 14.4 Å². The zero-order valence-electron chi connectivity index (χ0n) is 15.8. The Morgan fingerprint density at radius 1 is 1.33 bits per heavy atom. The number of rotatable bonds is 5. The summed E-state index contributed by atoms with van der Waals surface area (Å²) in [5.74, 6) is -1.43. The van der Waals surface area contributed by atoms with Crippen LogP contribution >= 0.6 is 11.6 Å². The second kappa shape index (κ2) is 8.71. The summed E-state index contributed by atoms with van der Waals surface area (Å²) in [6.07, 6.45) is -0.367. The molecule has 8 heteroatoms. The highest BCUT2D eigenvalue weighted by Gasteiger charge is 2.28. The number of nitrogens with one attached hydrogen (secondary N) is 1. The Balaban J connectivity index is 2.11. The fourth-order valence-electron chi connectivity index (χ4n) is 2.85. The lowest BCUT2D eigenvalue weighted by Crippen LogP contribution is -2.46. The summed E-state index contributed by atoms with van der Waals surface area (Å²) < 4.78 is 5.39. The van der Waals surface area contributed by atoms with Crippen molar-refractivity contribution in [2.24, 2.45) is 5.41 Å². The van der Waals surface area contributed by atoms with E-state index in [-0.39, 0.29) is 47.4 Å². The summed E-state index contributed by atoms with van der Waals surface area (Å²) in [4.78, 5) is 37.4. The van der Waals surface area contributed by atoms with E-state index in [1.807, 2.05) is 20.8 Å². The van der Waals surface area contributed by atoms with E-state index in [1.165, 1.54) is 4.90 Å². The monoisotopic (exact) mass is 396 g/mol. The van der Waals surface area contributed by atoms with E-state index in [1.54, 1.807) is 18.2 Å². The van der Waals surface area contributed by atoms with Crippen LogP contribution in [0, 0.1) is 5.41 Å². The van der Waals surface area contributed by atoms with Crippen LogP contribution in [0.2, 0.25) is 5.02 Å². The SMILES string of the molecule is CC(C)(C)CC(=O)Nc1ccc(Cl)c(C(=O)N2CCOC(CC(=O)O)C2)c1. The molecular weight excluding hydrogens is 372 g/mol. The fraction of sp³-hybridized carbons (Fsp3) is 0.526. The standard InChI is InChI=1S/C19H25ClN2O5/c1-19(2,3)10-16(23)21-12-4-5-15(20)14(8-12)18(26)22-6-7-27-13(11-22)9-17(24)25/h4-5,8,13H,6-7,9-11H2,1-3H3,(H,21,23)(H,24,25). The maximum Gasteiger partial charge on any atom is 0.306 e. The number of morpholine rings is 1. The summed E-state index contributed by atoms with van der Waals surface area (Å²) in [7, 11) is 0. The third-order valence-corrected chi connectivity index (χ3v) is 4.33. The minimum absolute atomic E-state index is 0.142. The number of hydrogen-bond donors (Lipinski definition) is 2. The number of carboxylic acid groups (broad SMARTS) is 1. The molecule has 7 nitrogen and oxygen atoms in total. The van der Waals surface area contributed by atoms with E-state index in [9.17, 15) is 14.4 Å². The topological polar surface area (TPSA) is 95.9 Å². The molecule has 1 aliphatic heterocycles. The zero-order chi connectivity index (χ0) is 20.2. The molecule has 0 bridgehead atoms. The van der Waals surface area contributed by atoms with Crippen molar-refractivity contribution in [2.45, 2.75) is 39.7 Å². The van der Waals surface area contributed by atoms with Crippen LogP contribution in [0.1, 0.15) is 44.0 Å². The summed E-state index contributed by atoms with van der Waals surface area (Å²) in [6, 6.07) is 4.76. The molecule has 0 aromatic heterocycles. The maximum absolute atomic E-state index is 12.8. The molecule has 1 saturated heterocycles. The van der Waals surface area contributed by atoms with E-state index in [4.69, 9.17) is 21.4 Å². The Kier molecular flexibility index (Phi) is 6.84. The molecule has 1 unspecified atom stereocenters. The van der Waals surface area contributed by atoms with Crippen LogP contribution < -0.4 is 5.32 Å². The number of carbonyl (C=O) groups is 3. The molecule has 2 N–H and O–H groups in total. The Bertz CT molecular complexity index is 729. The summed E-state index contributed by atoms with van der Waals surface area (Å²) in [5, 5.41) is 12.0. The normalized spacial score (nSPS) is 17.5. The van der Waals surface area contributed by atoms with Gasteiger partial charge in [-0.15, -0.1) is 0 Å². The molecule has 1 aliphatic rings. The molecule has 0 spiro atoms. The number of halogens is 1. The molecule has 27 heavy (non-hydrogen) atoms. The van der Waals surface area contributed by atoms with E-state index in [0.717, 1.165) is 0 Å². The highest BCUT2D eigenvalue weighted by Crippen LogP contribution is 2.25. The molecule has 0 radical (unpaired) electrons. The Morgan fingerprint density at radius 2 is 2.04 bits per heavy atom. The highest BCUT2D eigenvalue weighted by atomic mass is 35.5. The summed E-state index contributed by atoms with van der Waals surface area (Å²) in [5.41, 5.74) is 0.607. The van der Waals surface area contributed by atoms with Gasteiger partial charge in [-0.2, -0.15) is 0 Å². The minimum Gasteiger partial charge on any atom is -0.481 e. The van der Waals surface area contributed by atoms with Crippen LogP contribution in [0.25, 0.3) is 0 Å². The van der Waals surface area contributed by atoms with Gasteiger partial charge in [-0.25, -0.2) is 0 Å². The number of anilines is 1. The molecule has 2 rings (SSSR count). The third kappa shape index (κ3) is 6.52. The summed E-state index contributed by atoms with van der Waals surface area (Å²) >= 11 is 6.19. The van der Waals surface area contributed by atoms with E-state index in [0.29, 0.717) is 18.7 Å². The predicted octanol–water partition coefficient (Wildman–Crippen LogP) is 3.03. The number of aliphatic carboxylic acids is 1. The number of amides is 2. The van der Waals surface area contributed by atoms with Gasteiger partial charge in [0.2, 0.25) is 5.91 Å². The molecule has 2 amide bonds. The second-order valence-electron chi connectivity index (χ2n) is 7.82. The van der Waals surface area contributed by atoms with Crippen molar-refractivity contribution < 1.29 is 24.2 Å². The van der Waals surface area contributed by atoms with Crippen molar-refractivity contribution in [2.75, 3.05) is 25.0 Å². The number of carbonyl (C=O) groups excluding carboxylic acids is 2. The van der Waals surface area contributed by atoms with Crippen LogP contribution in [0.5, 0.6) is 0 Å². The Morgan fingerprint density at radius 3 is 2.67 bits per heavy atom. The molecule has 1 heterocycles. The highest BCUT2D eigenvalue weighted by molar-refractivity contribution is 6.34. The first kappa shape index (κ1) is 21.2. The van der Waals surface area contributed by atoms with Crippen molar-refractivity contribution in [3.05, 3.63) is 28.8 Å². The van der Waals surface area contributed by atoms with Crippen molar-refractivity contribution in [1.29, 1.82) is 0 Å². The van der Waals surface area contributed by atoms with Crippen LogP contribution in [0.15, 0.2) is 18.2 Å². The first-order valence-electron chi connectivity index (χ1n) is 8.77. The molecular formula is C19H25ClN2O5. The van der Waals surface area contributed by atoms with Gasteiger partial charge in [0.1, 0.15) is 0 Å². The first-order chi connectivity index (χ1) is 12.5. The molecule has 148 valence electrons. The lowest BCUT2D eigenvalue weighted by Gasteiger charge is -2.32. The number of hydrogen-bond acceptors (Lipinski definition) is 4. The summed E-state index contributed by atoms with van der Waals surface area (Å²) in [6.45, 7) is 6.71. The van der Waals surface area contributed by atoms with Crippen molar-refractivity contribution in [3.63, 3.8) is 0 Å². The quantitative estimate of drug-likeness (QED) is 0.797. The Labute approximate surface area is 163 Å². The van der Waals surface area contributed by atoms with Gasteiger partial charge in [0.05, 0.1) is 29.7 Å². The van der Waals surface area contributed by atoms with Crippen LogP contribution in [0.4, 0.5) is 5.69 Å². The van der Waals surface area contributed by atoms with Gasteiger partial charge in [0.25, 0.3) is 5.91 Å². The van der Waals surface area contributed by atoms with Gasteiger partial charge in [-0.1, -0.05) is 32.4 Å². The average molecular weight is 397 g/mol. The zero-order valence-corrected chi connectivity index (χ0v) is 16.5. The molecule has 1 aromatic carbocycles. The van der Waals surface area contributed by atoms with E-state index in [2.05, 4.69) is 5.32 Å². The molecule has 0 saturated carbocycles. The van der Waals surface area contributed by atoms with Crippen LogP contribution in [-0.2, 0) is 14.3 Å². The number of ether oxygens (including phenoxy) is 1. The number of carboxylic acids is 1. The second-order valence-corrected chi connectivity index (χ2v) is 8.23. The van der Waals surface area contributed by atoms with Crippen LogP contribution in [-0.4, -0.2) is 53.6 Å². The number of nitrogens with zero attached hydrogens (tertiary/aromatic N) is 1. The molecule has 1 aromatic rings. The van der Waals surface area contributed by atoms with Crippen molar-refractivity contribution >= 4 is 35.1 Å². The van der Waals surface area contributed by atoms with Crippen molar-refractivity contribution in [1.82, 2.24) is 4.90 Å². The fourth-order valence-corrected chi connectivity index (χ4v) is 3.04. The average Bonchev–Trinajstić information content (AvgIpc) is 2.54. The van der Waals surface area contributed by atoms with Crippen molar-refractivity contribution in [3.8, 4) is 0 Å². The first-order valence-corrected chi connectivity index (χ1v) is 9.15. The minimum atomic E-state index is -0.976. The smallest absolute Gasteiger partial charge is 0.306 e. The largest absolute Gasteiger partial charge is 0.481 e. The van der Waals surface area contributed by atoms with Gasteiger partial charge in [0.15, 0.2) is 0 Å². The predicted molar refractivity (Wildman–Crippen MR) is 102 cm³/mol. The van der Waals surface area contributed by atoms with Crippen LogP contribution in [0.3, 0.4) is 0 Å². The maximum atomic E-state index is 12.8. The van der Waals surface area contributed by atoms with E-state index < -0.39 is 12.1 Å². The van der Waals surface area contributed by atoms with Gasteiger partial charge in [-0.05, 0) is 23.6 Å². The van der Waals surface area contributed by atoms with Gasteiger partial charge >= 0.3 is 5.97 Å². The van der Waals surface area contributed by atoms with Gasteiger partial charge in [0, 0.05) is 25.2 Å². The molecule has 1 fully saturated rings. The Hall–Kier alpha value is -2.12.